The topological polar surface area (TPSA) is 103 Å². The van der Waals surface area contributed by atoms with Gasteiger partial charge in [-0.1, -0.05) is 0 Å². The molecule has 0 radical (unpaired) electrons. The number of hydrogen-bond acceptors (Lipinski definition) is 5. The highest BCUT2D eigenvalue weighted by atomic mass is 35.5. The number of nitrogens with one attached hydrogen (secondary N) is 2. The zero-order valence-electron chi connectivity index (χ0n) is 16.1. The minimum Gasteiger partial charge on any atom is -0.494 e. The number of carbonyl (C=O) groups is 2. The van der Waals surface area contributed by atoms with Crippen LogP contribution >= 0.6 is 12.4 Å². The highest BCUT2D eigenvalue weighted by Crippen LogP contribution is 2.26. The van der Waals surface area contributed by atoms with Gasteiger partial charge in [-0.05, 0) is 60.9 Å². The first-order chi connectivity index (χ1) is 13.6. The summed E-state index contributed by atoms with van der Waals surface area (Å²) in [5, 5.41) is 5.70. The zero-order chi connectivity index (χ0) is 19.8. The van der Waals surface area contributed by atoms with Crippen LogP contribution in [0.25, 0.3) is 0 Å². The van der Waals surface area contributed by atoms with Gasteiger partial charge in [-0.15, -0.1) is 12.4 Å². The van der Waals surface area contributed by atoms with Gasteiger partial charge in [-0.2, -0.15) is 0 Å². The number of fused-ring (bicyclic) bond motifs is 1. The molecule has 2 aromatic carbocycles. The van der Waals surface area contributed by atoms with Crippen LogP contribution in [0.2, 0.25) is 0 Å². The normalized spacial score (nSPS) is 12.2. The Balaban J connectivity index is 0.00000300. The molecule has 1 heterocycles. The molecule has 0 saturated heterocycles. The number of ether oxygens (including phenoxy) is 2. The molecule has 0 spiro atoms. The van der Waals surface area contributed by atoms with E-state index in [1.54, 1.807) is 24.3 Å². The summed E-state index contributed by atoms with van der Waals surface area (Å²) in [5.74, 6) is 1.46. The first kappa shape index (κ1) is 22.5. The van der Waals surface area contributed by atoms with Crippen LogP contribution < -0.4 is 25.8 Å². The Morgan fingerprint density at radius 1 is 1.03 bits per heavy atom. The molecular weight excluding hydrogens is 394 g/mol. The average molecular weight is 420 g/mol. The van der Waals surface area contributed by atoms with Gasteiger partial charge < -0.3 is 25.8 Å². The molecule has 4 N–H and O–H groups in total. The minimum absolute atomic E-state index is 0. The Morgan fingerprint density at radius 3 is 2.52 bits per heavy atom. The number of rotatable bonds is 9. The molecule has 0 atom stereocenters. The van der Waals surface area contributed by atoms with Crippen LogP contribution in [0.3, 0.4) is 0 Å². The number of hydrogen-bond donors (Lipinski definition) is 3. The summed E-state index contributed by atoms with van der Waals surface area (Å²) in [6.45, 7) is 1.37. The van der Waals surface area contributed by atoms with Crippen molar-refractivity contribution in [3.8, 4) is 11.5 Å². The van der Waals surface area contributed by atoms with Gasteiger partial charge in [0.25, 0.3) is 0 Å². The van der Waals surface area contributed by atoms with Crippen molar-refractivity contribution in [2.24, 2.45) is 5.73 Å². The van der Waals surface area contributed by atoms with Gasteiger partial charge in [-0.3, -0.25) is 9.59 Å². The number of anilines is 2. The fourth-order valence-corrected chi connectivity index (χ4v) is 2.91. The quantitative estimate of drug-likeness (QED) is 0.542. The Hall–Kier alpha value is -2.77. The van der Waals surface area contributed by atoms with Crippen molar-refractivity contribution in [1.29, 1.82) is 0 Å². The summed E-state index contributed by atoms with van der Waals surface area (Å²) in [6, 6.07) is 12.8. The summed E-state index contributed by atoms with van der Waals surface area (Å²) in [7, 11) is 0. The minimum atomic E-state index is -0.0626. The molecule has 156 valence electrons. The van der Waals surface area contributed by atoms with E-state index in [1.807, 2.05) is 18.2 Å². The Bertz CT molecular complexity index is 827. The standard InChI is InChI=1S/C21H25N3O4.ClH/c22-11-13-28-17-6-4-16(5-7-17)23-20(25)2-1-12-27-18-8-9-19-15(14-18)3-10-21(26)24-19;/h4-9,14H,1-3,10-13,22H2,(H,23,25)(H,24,26);1H. The molecule has 8 heteroatoms. The lowest BCUT2D eigenvalue weighted by molar-refractivity contribution is -0.117. The fraction of sp³-hybridized carbons (Fsp3) is 0.333. The molecule has 3 rings (SSSR count). The van der Waals surface area contributed by atoms with Crippen LogP contribution in [0.1, 0.15) is 24.8 Å². The van der Waals surface area contributed by atoms with Crippen molar-refractivity contribution < 1.29 is 19.1 Å². The molecule has 0 bridgehead atoms. The third-order valence-corrected chi connectivity index (χ3v) is 4.31. The molecular formula is C21H26ClN3O4. The molecule has 0 unspecified atom stereocenters. The van der Waals surface area contributed by atoms with E-state index in [2.05, 4.69) is 10.6 Å². The molecule has 1 aliphatic rings. The van der Waals surface area contributed by atoms with E-state index in [1.165, 1.54) is 0 Å². The number of aryl methyl sites for hydroxylation is 1. The van der Waals surface area contributed by atoms with Crippen molar-refractivity contribution in [3.63, 3.8) is 0 Å². The molecule has 0 saturated carbocycles. The van der Waals surface area contributed by atoms with E-state index in [-0.39, 0.29) is 24.2 Å². The van der Waals surface area contributed by atoms with Gasteiger partial charge in [0.15, 0.2) is 0 Å². The van der Waals surface area contributed by atoms with Crippen molar-refractivity contribution in [2.45, 2.75) is 25.7 Å². The average Bonchev–Trinajstić information content (AvgIpc) is 2.70. The summed E-state index contributed by atoms with van der Waals surface area (Å²) in [5.41, 5.74) is 8.05. The smallest absolute Gasteiger partial charge is 0.224 e. The predicted octanol–water partition coefficient (Wildman–Crippen LogP) is 3.13. The summed E-state index contributed by atoms with van der Waals surface area (Å²) in [6.07, 6.45) is 2.19. The molecule has 0 fully saturated rings. The number of halogens is 1. The highest BCUT2D eigenvalue weighted by Gasteiger charge is 2.15. The summed E-state index contributed by atoms with van der Waals surface area (Å²) < 4.78 is 11.1. The molecule has 2 amide bonds. The van der Waals surface area contributed by atoms with Crippen LogP contribution in [0.4, 0.5) is 11.4 Å². The van der Waals surface area contributed by atoms with Crippen LogP contribution in [0, 0.1) is 0 Å². The largest absolute Gasteiger partial charge is 0.494 e. The first-order valence-electron chi connectivity index (χ1n) is 9.42. The summed E-state index contributed by atoms with van der Waals surface area (Å²) >= 11 is 0. The summed E-state index contributed by atoms with van der Waals surface area (Å²) in [4.78, 5) is 23.4. The van der Waals surface area contributed by atoms with Gasteiger partial charge in [0.1, 0.15) is 18.1 Å². The van der Waals surface area contributed by atoms with Crippen molar-refractivity contribution in [2.75, 3.05) is 30.4 Å². The van der Waals surface area contributed by atoms with Crippen LogP contribution in [-0.2, 0) is 16.0 Å². The van der Waals surface area contributed by atoms with Crippen LogP contribution in [0.5, 0.6) is 11.5 Å². The van der Waals surface area contributed by atoms with E-state index in [0.29, 0.717) is 39.0 Å². The molecule has 0 aromatic heterocycles. The SMILES string of the molecule is Cl.NCCOc1ccc(NC(=O)CCCOc2ccc3c(c2)CCC(=O)N3)cc1. The monoisotopic (exact) mass is 419 g/mol. The second kappa shape index (κ2) is 11.3. The maximum Gasteiger partial charge on any atom is 0.224 e. The van der Waals surface area contributed by atoms with Gasteiger partial charge >= 0.3 is 0 Å². The van der Waals surface area contributed by atoms with Crippen molar-refractivity contribution in [1.82, 2.24) is 0 Å². The third kappa shape index (κ3) is 6.96. The second-order valence-corrected chi connectivity index (χ2v) is 6.53. The maximum absolute atomic E-state index is 12.0. The fourth-order valence-electron chi connectivity index (χ4n) is 2.91. The number of nitrogens with two attached hydrogens (primary N) is 1. The van der Waals surface area contributed by atoms with Crippen molar-refractivity contribution >= 4 is 35.6 Å². The van der Waals surface area contributed by atoms with E-state index in [4.69, 9.17) is 15.2 Å². The van der Waals surface area contributed by atoms with E-state index in [0.717, 1.165) is 34.9 Å². The van der Waals surface area contributed by atoms with E-state index >= 15 is 0 Å². The maximum atomic E-state index is 12.0. The predicted molar refractivity (Wildman–Crippen MR) is 115 cm³/mol. The Labute approximate surface area is 176 Å². The number of benzene rings is 2. The van der Waals surface area contributed by atoms with Crippen LogP contribution in [-0.4, -0.2) is 31.6 Å². The lowest BCUT2D eigenvalue weighted by Gasteiger charge is -2.17. The van der Waals surface area contributed by atoms with Crippen molar-refractivity contribution in [3.05, 3.63) is 48.0 Å². The van der Waals surface area contributed by atoms with Gasteiger partial charge in [0.2, 0.25) is 11.8 Å². The number of carbonyl (C=O) groups excluding carboxylic acids is 2. The van der Waals surface area contributed by atoms with E-state index in [9.17, 15) is 9.59 Å². The third-order valence-electron chi connectivity index (χ3n) is 4.31. The second-order valence-electron chi connectivity index (χ2n) is 6.53. The van der Waals surface area contributed by atoms with Crippen LogP contribution in [0.15, 0.2) is 42.5 Å². The molecule has 0 aliphatic carbocycles. The highest BCUT2D eigenvalue weighted by molar-refractivity contribution is 5.94. The molecule has 7 nitrogen and oxygen atoms in total. The molecule has 2 aromatic rings. The van der Waals surface area contributed by atoms with E-state index < -0.39 is 0 Å². The zero-order valence-corrected chi connectivity index (χ0v) is 16.9. The van der Waals surface area contributed by atoms with Gasteiger partial charge in [0, 0.05) is 30.8 Å². The molecule has 29 heavy (non-hydrogen) atoms. The Kier molecular flexibility index (Phi) is 8.76. The van der Waals surface area contributed by atoms with Gasteiger partial charge in [0.05, 0.1) is 6.61 Å². The molecule has 1 aliphatic heterocycles. The number of amides is 2. The Morgan fingerprint density at radius 2 is 1.76 bits per heavy atom. The lowest BCUT2D eigenvalue weighted by Crippen LogP contribution is -2.18. The lowest BCUT2D eigenvalue weighted by atomic mass is 10.0. The first-order valence-corrected chi connectivity index (χ1v) is 9.42. The van der Waals surface area contributed by atoms with Gasteiger partial charge in [-0.25, -0.2) is 0 Å².